The summed E-state index contributed by atoms with van der Waals surface area (Å²) >= 11 is 0. The highest BCUT2D eigenvalue weighted by Gasteiger charge is 2.42. The van der Waals surface area contributed by atoms with Crippen LogP contribution in [0.15, 0.2) is 23.3 Å². The molecule has 2 aromatic heterocycles. The number of alkyl carbamates (subject to hydrolysis) is 1. The maximum Gasteiger partial charge on any atom is 0.408 e. The maximum absolute atomic E-state index is 13.0. The van der Waals surface area contributed by atoms with Crippen LogP contribution in [0.5, 0.6) is 0 Å². The van der Waals surface area contributed by atoms with E-state index in [-0.39, 0.29) is 36.1 Å². The number of imidazole rings is 1. The third-order valence-electron chi connectivity index (χ3n) is 5.65. The normalized spacial score (nSPS) is 21.6. The van der Waals surface area contributed by atoms with Crippen molar-refractivity contribution in [3.8, 4) is 0 Å². The molecule has 0 spiro atoms. The second-order valence-corrected chi connectivity index (χ2v) is 9.73. The van der Waals surface area contributed by atoms with E-state index in [1.165, 1.54) is 6.33 Å². The lowest BCUT2D eigenvalue weighted by atomic mass is 10.0. The highest BCUT2D eigenvalue weighted by atomic mass is 16.6. The largest absolute Gasteiger partial charge is 0.460 e. The minimum absolute atomic E-state index is 0.0578. The Balaban J connectivity index is 1.81. The lowest BCUT2D eigenvalue weighted by Gasteiger charge is -2.26. The van der Waals surface area contributed by atoms with Gasteiger partial charge >= 0.3 is 12.1 Å². The van der Waals surface area contributed by atoms with E-state index < -0.39 is 47.3 Å². The van der Waals surface area contributed by atoms with Gasteiger partial charge < -0.3 is 30.2 Å². The molecule has 0 radical (unpaired) electrons. The Morgan fingerprint density at radius 3 is 2.68 bits per heavy atom. The van der Waals surface area contributed by atoms with Gasteiger partial charge in [-0.2, -0.15) is 4.98 Å². The number of carbonyl (C=O) groups excluding carboxylic acids is 2. The van der Waals surface area contributed by atoms with Crippen LogP contribution in [0.1, 0.15) is 47.1 Å². The molecule has 1 aliphatic carbocycles. The Morgan fingerprint density at radius 1 is 1.41 bits per heavy atom. The fraction of sp³-hybridized carbons (Fsp3) is 0.591. The fourth-order valence-corrected chi connectivity index (χ4v) is 4.00. The van der Waals surface area contributed by atoms with Gasteiger partial charge in [0.1, 0.15) is 17.7 Å². The summed E-state index contributed by atoms with van der Waals surface area (Å²) in [5, 5.41) is 12.6. The van der Waals surface area contributed by atoms with Gasteiger partial charge in [0.2, 0.25) is 5.95 Å². The number of hydrogen-bond donors (Lipinski definition) is 4. The SMILES string of the molecule is C=C1[C@H](CO)[C@@H](OC(=O)[C@@H](NC(=O)OC(C)(C)C)C(C)C)C[C@@H]1n1cnc2c(=O)[nH]c(N)nc21. The number of aromatic nitrogens is 4. The van der Waals surface area contributed by atoms with Crippen LogP contribution < -0.4 is 16.6 Å². The summed E-state index contributed by atoms with van der Waals surface area (Å²) in [6.45, 7) is 12.5. The minimum atomic E-state index is -0.949. The van der Waals surface area contributed by atoms with Crippen molar-refractivity contribution in [1.82, 2.24) is 24.8 Å². The minimum Gasteiger partial charge on any atom is -0.460 e. The van der Waals surface area contributed by atoms with Crippen molar-refractivity contribution in [2.45, 2.75) is 64.8 Å². The summed E-state index contributed by atoms with van der Waals surface area (Å²) in [4.78, 5) is 48.0. The number of aliphatic hydroxyl groups is 1. The molecule has 2 aromatic rings. The molecule has 0 aliphatic heterocycles. The molecule has 5 N–H and O–H groups in total. The first-order valence-electron chi connectivity index (χ1n) is 11.0. The van der Waals surface area contributed by atoms with Crippen molar-refractivity contribution in [2.75, 3.05) is 12.3 Å². The number of nitrogens with two attached hydrogens (primary N) is 1. The van der Waals surface area contributed by atoms with Gasteiger partial charge in [-0.25, -0.2) is 14.6 Å². The van der Waals surface area contributed by atoms with Crippen LogP contribution in [0.3, 0.4) is 0 Å². The number of carbonyl (C=O) groups is 2. The van der Waals surface area contributed by atoms with E-state index in [1.807, 2.05) is 0 Å². The second kappa shape index (κ2) is 9.45. The molecule has 0 saturated heterocycles. The number of nitrogens with zero attached hydrogens (tertiary/aromatic N) is 3. The van der Waals surface area contributed by atoms with E-state index in [2.05, 4.69) is 26.8 Å². The highest BCUT2D eigenvalue weighted by molar-refractivity contribution is 5.82. The molecule has 1 aliphatic rings. The molecule has 0 bridgehead atoms. The third kappa shape index (κ3) is 5.22. The molecule has 0 aromatic carbocycles. The molecule has 2 heterocycles. The van der Waals surface area contributed by atoms with Gasteiger partial charge in [0.25, 0.3) is 5.56 Å². The maximum atomic E-state index is 13.0. The van der Waals surface area contributed by atoms with Gasteiger partial charge in [-0.1, -0.05) is 20.4 Å². The van der Waals surface area contributed by atoms with Crippen molar-refractivity contribution >= 4 is 29.2 Å². The smallest absolute Gasteiger partial charge is 0.408 e. The zero-order valence-electron chi connectivity index (χ0n) is 20.0. The van der Waals surface area contributed by atoms with E-state index >= 15 is 0 Å². The summed E-state index contributed by atoms with van der Waals surface area (Å²) < 4.78 is 12.6. The van der Waals surface area contributed by atoms with Crippen molar-refractivity contribution < 1.29 is 24.2 Å². The van der Waals surface area contributed by atoms with Crippen LogP contribution in [-0.2, 0) is 14.3 Å². The Hall–Kier alpha value is -3.41. The highest BCUT2D eigenvalue weighted by Crippen LogP contribution is 2.41. The van der Waals surface area contributed by atoms with Crippen LogP contribution in [0.25, 0.3) is 11.2 Å². The summed E-state index contributed by atoms with van der Waals surface area (Å²) in [5.41, 5.74) is 5.47. The first kappa shape index (κ1) is 25.2. The second-order valence-electron chi connectivity index (χ2n) is 9.73. The van der Waals surface area contributed by atoms with Crippen molar-refractivity contribution in [2.24, 2.45) is 11.8 Å². The number of rotatable bonds is 6. The zero-order chi connectivity index (χ0) is 25.4. The Morgan fingerprint density at radius 2 is 2.09 bits per heavy atom. The number of anilines is 1. The van der Waals surface area contributed by atoms with E-state index in [1.54, 1.807) is 39.2 Å². The predicted molar refractivity (Wildman–Crippen MR) is 124 cm³/mol. The molecule has 186 valence electrons. The number of amides is 1. The Bertz CT molecular complexity index is 1150. The average molecular weight is 477 g/mol. The summed E-state index contributed by atoms with van der Waals surface area (Å²) in [6.07, 6.45) is 0.275. The number of ether oxygens (including phenoxy) is 2. The number of hydrogen-bond acceptors (Lipinski definition) is 9. The first-order chi connectivity index (χ1) is 15.8. The predicted octanol–water partition coefficient (Wildman–Crippen LogP) is 1.27. The molecule has 12 heteroatoms. The lowest BCUT2D eigenvalue weighted by Crippen LogP contribution is -2.48. The number of esters is 1. The Labute approximate surface area is 196 Å². The van der Waals surface area contributed by atoms with Gasteiger partial charge in [0.15, 0.2) is 11.2 Å². The molecular formula is C22H32N6O6. The molecule has 0 unspecified atom stereocenters. The molecule has 34 heavy (non-hydrogen) atoms. The average Bonchev–Trinajstić information content (AvgIpc) is 3.25. The van der Waals surface area contributed by atoms with Gasteiger partial charge in [-0.05, 0) is 32.3 Å². The summed E-state index contributed by atoms with van der Waals surface area (Å²) in [6, 6.07) is -1.39. The number of fused-ring (bicyclic) bond motifs is 1. The van der Waals surface area contributed by atoms with E-state index in [0.29, 0.717) is 5.57 Å². The van der Waals surface area contributed by atoms with E-state index in [9.17, 15) is 19.5 Å². The van der Waals surface area contributed by atoms with Crippen molar-refractivity contribution in [3.05, 3.63) is 28.8 Å². The van der Waals surface area contributed by atoms with E-state index in [4.69, 9.17) is 15.2 Å². The van der Waals surface area contributed by atoms with Crippen molar-refractivity contribution in [3.63, 3.8) is 0 Å². The fourth-order valence-electron chi connectivity index (χ4n) is 4.00. The number of H-pyrrole nitrogens is 1. The monoisotopic (exact) mass is 476 g/mol. The number of aliphatic hydroxyl groups excluding tert-OH is 1. The van der Waals surface area contributed by atoms with Crippen LogP contribution in [0.4, 0.5) is 10.7 Å². The molecule has 1 fully saturated rings. The number of aromatic amines is 1. The molecule has 12 nitrogen and oxygen atoms in total. The van der Waals surface area contributed by atoms with Gasteiger partial charge in [0, 0.05) is 12.3 Å². The molecule has 3 rings (SSSR count). The summed E-state index contributed by atoms with van der Waals surface area (Å²) in [5.74, 6) is -1.53. The standard InChI is InChI=1S/C22H32N6O6/c1-10(2)15(25-21(32)34-22(4,5)6)19(31)33-14-7-13(11(3)12(14)8-29)28-9-24-16-17(28)26-20(23)27-18(16)30/h9-10,12-15,29H,3,7-8H2,1-2,4-6H3,(H,25,32)(H3,23,26,27,30)/t12-,13-,14-,15-/m0/s1. The van der Waals surface area contributed by atoms with Crippen LogP contribution >= 0.6 is 0 Å². The number of nitrogen functional groups attached to an aromatic ring is 1. The molecule has 1 saturated carbocycles. The topological polar surface area (TPSA) is 174 Å². The van der Waals surface area contributed by atoms with Crippen LogP contribution in [0.2, 0.25) is 0 Å². The quantitative estimate of drug-likeness (QED) is 0.353. The molecule has 4 atom stereocenters. The van der Waals surface area contributed by atoms with Crippen LogP contribution in [0, 0.1) is 11.8 Å². The van der Waals surface area contributed by atoms with Gasteiger partial charge in [0.05, 0.1) is 19.0 Å². The number of nitrogens with one attached hydrogen (secondary N) is 2. The van der Waals surface area contributed by atoms with Crippen LogP contribution in [-0.4, -0.2) is 61.0 Å². The third-order valence-corrected chi connectivity index (χ3v) is 5.65. The van der Waals surface area contributed by atoms with Crippen molar-refractivity contribution in [1.29, 1.82) is 0 Å². The zero-order valence-corrected chi connectivity index (χ0v) is 20.0. The molecular weight excluding hydrogens is 444 g/mol. The van der Waals surface area contributed by atoms with Gasteiger partial charge in [-0.3, -0.25) is 9.78 Å². The lowest BCUT2D eigenvalue weighted by molar-refractivity contribution is -0.155. The van der Waals surface area contributed by atoms with E-state index in [0.717, 1.165) is 0 Å². The van der Waals surface area contributed by atoms with Gasteiger partial charge in [-0.15, -0.1) is 0 Å². The Kier molecular flexibility index (Phi) is 7.01. The first-order valence-corrected chi connectivity index (χ1v) is 11.0. The summed E-state index contributed by atoms with van der Waals surface area (Å²) in [7, 11) is 0. The molecule has 1 amide bonds.